The van der Waals surface area contributed by atoms with E-state index in [1.54, 1.807) is 0 Å². The van der Waals surface area contributed by atoms with Gasteiger partial charge in [0.25, 0.3) is 0 Å². The highest BCUT2D eigenvalue weighted by molar-refractivity contribution is 5.91. The largest absolute Gasteiger partial charge is 0.508 e. The fraction of sp³-hybridized carbons (Fsp3) is 0.423. The number of hydrogen-bond acceptors (Lipinski definition) is 15. The smallest absolute Gasteiger partial charge is 0.230 e. The predicted molar refractivity (Wildman–Crippen MR) is 134 cm³/mol. The van der Waals surface area contributed by atoms with Crippen LogP contribution in [0.15, 0.2) is 45.6 Å². The van der Waals surface area contributed by atoms with Gasteiger partial charge in [0.05, 0.1) is 13.2 Å². The van der Waals surface area contributed by atoms with Gasteiger partial charge in [-0.25, -0.2) is 0 Å². The summed E-state index contributed by atoms with van der Waals surface area (Å²) in [6.45, 7) is -1.24. The van der Waals surface area contributed by atoms with Gasteiger partial charge in [-0.15, -0.1) is 0 Å². The molecule has 41 heavy (non-hydrogen) atoms. The van der Waals surface area contributed by atoms with E-state index in [1.807, 2.05) is 0 Å². The minimum atomic E-state index is -1.85. The van der Waals surface area contributed by atoms with Gasteiger partial charge < -0.3 is 69.3 Å². The van der Waals surface area contributed by atoms with Crippen LogP contribution in [-0.4, -0.2) is 114 Å². The summed E-state index contributed by atoms with van der Waals surface area (Å²) >= 11 is 0. The summed E-state index contributed by atoms with van der Waals surface area (Å²) in [6, 6.07) is 7.44. The second-order valence-electron chi connectivity index (χ2n) is 9.65. The number of rotatable bonds is 6. The molecule has 2 saturated heterocycles. The van der Waals surface area contributed by atoms with Crippen LogP contribution in [-0.2, 0) is 14.2 Å². The van der Waals surface area contributed by atoms with Gasteiger partial charge in [0.1, 0.15) is 59.3 Å². The Kier molecular flexibility index (Phi) is 8.06. The first-order chi connectivity index (χ1) is 19.5. The molecule has 3 aromatic rings. The number of phenolic OH excluding ortho intramolecular Hbond substituents is 3. The molecule has 15 heteroatoms. The maximum absolute atomic E-state index is 13.0. The molecule has 5 rings (SSSR count). The molecule has 2 aliphatic heterocycles. The van der Waals surface area contributed by atoms with E-state index in [9.17, 15) is 50.8 Å². The molecule has 9 atom stereocenters. The van der Waals surface area contributed by atoms with Gasteiger partial charge in [-0.2, -0.15) is 0 Å². The summed E-state index contributed by atoms with van der Waals surface area (Å²) in [5, 5.41) is 91.3. The summed E-state index contributed by atoms with van der Waals surface area (Å²) in [7, 11) is 0. The summed E-state index contributed by atoms with van der Waals surface area (Å²) < 4.78 is 28.0. The summed E-state index contributed by atoms with van der Waals surface area (Å²) in [6.07, 6.45) is -15.1. The fourth-order valence-corrected chi connectivity index (χ4v) is 4.63. The molecule has 2 aliphatic rings. The van der Waals surface area contributed by atoms with E-state index in [1.165, 1.54) is 24.3 Å². The Hall–Kier alpha value is -3.51. The fourth-order valence-electron chi connectivity index (χ4n) is 4.63. The number of aliphatic hydroxyl groups excluding tert-OH is 6. The van der Waals surface area contributed by atoms with Crippen molar-refractivity contribution in [2.75, 3.05) is 13.2 Å². The maximum atomic E-state index is 13.0. The molecule has 0 amide bonds. The van der Waals surface area contributed by atoms with Crippen LogP contribution in [0.1, 0.15) is 0 Å². The lowest BCUT2D eigenvalue weighted by Crippen LogP contribution is -2.63. The lowest BCUT2D eigenvalue weighted by Gasteiger charge is -2.44. The molecular formula is C26H28O15. The summed E-state index contributed by atoms with van der Waals surface area (Å²) in [5.74, 6) is -2.04. The zero-order chi connectivity index (χ0) is 29.6. The van der Waals surface area contributed by atoms with Crippen LogP contribution >= 0.6 is 0 Å². The van der Waals surface area contributed by atoms with E-state index < -0.39 is 102 Å². The van der Waals surface area contributed by atoms with Crippen LogP contribution in [0.3, 0.4) is 0 Å². The minimum Gasteiger partial charge on any atom is -0.508 e. The standard InChI is InChI=1S/C26H28O15/c27-7-16-19(34)20(35)24(41-25-21(36)18(33)14(32)8-37-25)26(39-16)40-22-13(31)5-11(29)17-12(30)6-15(38-23(17)22)9-1-3-10(28)4-2-9/h1-6,14,16,18-21,24-29,31-36H,7-8H2. The third-order valence-electron chi connectivity index (χ3n) is 6.87. The zero-order valence-electron chi connectivity index (χ0n) is 21.0. The molecule has 0 aliphatic carbocycles. The van der Waals surface area contributed by atoms with E-state index in [2.05, 4.69) is 0 Å². The number of hydrogen-bond donors (Lipinski definition) is 9. The molecule has 2 aromatic carbocycles. The molecule has 3 heterocycles. The topological polar surface area (TPSA) is 249 Å². The van der Waals surface area contributed by atoms with Crippen LogP contribution in [0, 0.1) is 0 Å². The molecule has 2 fully saturated rings. The highest BCUT2D eigenvalue weighted by Gasteiger charge is 2.50. The van der Waals surface area contributed by atoms with Crippen LogP contribution in [0.25, 0.3) is 22.3 Å². The Morgan fingerprint density at radius 2 is 1.56 bits per heavy atom. The van der Waals surface area contributed by atoms with Crippen LogP contribution < -0.4 is 10.2 Å². The lowest BCUT2D eigenvalue weighted by atomic mass is 9.98. The van der Waals surface area contributed by atoms with Gasteiger partial charge in [0, 0.05) is 17.7 Å². The number of aromatic hydroxyl groups is 3. The highest BCUT2D eigenvalue weighted by atomic mass is 16.8. The molecule has 9 unspecified atom stereocenters. The van der Waals surface area contributed by atoms with E-state index in [0.29, 0.717) is 5.56 Å². The monoisotopic (exact) mass is 580 g/mol. The number of fused-ring (bicyclic) bond motifs is 1. The van der Waals surface area contributed by atoms with Crippen molar-refractivity contribution in [1.82, 2.24) is 0 Å². The zero-order valence-corrected chi connectivity index (χ0v) is 21.0. The third kappa shape index (κ3) is 5.42. The Labute approximate surface area is 230 Å². The number of ether oxygens (including phenoxy) is 4. The van der Waals surface area contributed by atoms with Crippen molar-refractivity contribution in [2.45, 2.75) is 55.3 Å². The van der Waals surface area contributed by atoms with Crippen molar-refractivity contribution in [3.8, 4) is 34.3 Å². The molecule has 9 N–H and O–H groups in total. The molecular weight excluding hydrogens is 552 g/mol. The Bertz CT molecular complexity index is 1440. The minimum absolute atomic E-state index is 0.0373. The van der Waals surface area contributed by atoms with Crippen molar-refractivity contribution >= 4 is 11.0 Å². The van der Waals surface area contributed by atoms with E-state index in [-0.39, 0.29) is 11.5 Å². The van der Waals surface area contributed by atoms with Gasteiger partial charge in [-0.05, 0) is 24.3 Å². The molecule has 0 radical (unpaired) electrons. The first kappa shape index (κ1) is 29.0. The van der Waals surface area contributed by atoms with E-state index >= 15 is 0 Å². The third-order valence-corrected chi connectivity index (χ3v) is 6.87. The highest BCUT2D eigenvalue weighted by Crippen LogP contribution is 2.42. The molecule has 15 nitrogen and oxygen atoms in total. The van der Waals surface area contributed by atoms with E-state index in [4.69, 9.17) is 23.4 Å². The van der Waals surface area contributed by atoms with Crippen LogP contribution in [0.2, 0.25) is 0 Å². The van der Waals surface area contributed by atoms with Crippen molar-refractivity contribution in [1.29, 1.82) is 0 Å². The molecule has 222 valence electrons. The average molecular weight is 580 g/mol. The number of aliphatic hydroxyl groups is 6. The lowest BCUT2D eigenvalue weighted by molar-refractivity contribution is -0.344. The molecule has 0 bridgehead atoms. The van der Waals surface area contributed by atoms with Crippen LogP contribution in [0.4, 0.5) is 0 Å². The normalized spacial score (nSPS) is 32.2. The second-order valence-corrected chi connectivity index (χ2v) is 9.65. The van der Waals surface area contributed by atoms with Crippen molar-refractivity contribution in [3.63, 3.8) is 0 Å². The van der Waals surface area contributed by atoms with Crippen molar-refractivity contribution in [3.05, 3.63) is 46.6 Å². The van der Waals surface area contributed by atoms with Gasteiger partial charge in [0.2, 0.25) is 12.0 Å². The molecule has 1 aromatic heterocycles. The van der Waals surface area contributed by atoms with Gasteiger partial charge in [-0.3, -0.25) is 4.79 Å². The number of benzene rings is 2. The first-order valence-electron chi connectivity index (χ1n) is 12.4. The van der Waals surface area contributed by atoms with Gasteiger partial charge >= 0.3 is 0 Å². The Morgan fingerprint density at radius 1 is 0.854 bits per heavy atom. The molecule has 0 saturated carbocycles. The van der Waals surface area contributed by atoms with Gasteiger partial charge in [0.15, 0.2) is 29.2 Å². The second kappa shape index (κ2) is 11.4. The van der Waals surface area contributed by atoms with Crippen LogP contribution in [0.5, 0.6) is 23.0 Å². The Balaban J connectivity index is 1.56. The van der Waals surface area contributed by atoms with E-state index in [0.717, 1.165) is 12.1 Å². The maximum Gasteiger partial charge on any atom is 0.230 e. The van der Waals surface area contributed by atoms with Gasteiger partial charge in [-0.1, -0.05) is 0 Å². The SMILES string of the molecule is O=c1cc(-c2ccc(O)cc2)oc2c(OC3OC(CO)C(O)C(O)C3OC3OCC(O)C(O)C3O)c(O)cc(O)c12. The summed E-state index contributed by atoms with van der Waals surface area (Å²) in [5.41, 5.74) is -0.841. The Morgan fingerprint density at radius 3 is 2.24 bits per heavy atom. The predicted octanol–water partition coefficient (Wildman–Crippen LogP) is -1.78. The van der Waals surface area contributed by atoms with Crippen molar-refractivity contribution < 1.29 is 69.3 Å². The molecule has 0 spiro atoms. The number of phenols is 3. The first-order valence-corrected chi connectivity index (χ1v) is 12.4. The summed E-state index contributed by atoms with van der Waals surface area (Å²) in [4.78, 5) is 13.0. The van der Waals surface area contributed by atoms with Crippen molar-refractivity contribution in [2.24, 2.45) is 0 Å². The average Bonchev–Trinajstić information content (AvgIpc) is 2.94. The quantitative estimate of drug-likeness (QED) is 0.156.